The highest BCUT2D eigenvalue weighted by Crippen LogP contribution is 2.51. The number of fused-ring (bicyclic) bond motifs is 1. The van der Waals surface area contributed by atoms with Gasteiger partial charge >= 0.3 is 0 Å². The zero-order valence-electron chi connectivity index (χ0n) is 22.1. The summed E-state index contributed by atoms with van der Waals surface area (Å²) in [5.41, 5.74) is 5.81. The molecule has 2 heterocycles. The smallest absolute Gasteiger partial charge is 0.191 e. The standard InChI is InChI=1S/C33H28FNO4/c1-4-27(36)31-26-15-22(9-12-29(26)39-32(31)21-7-10-24(34)11-8-21)25-16-23(6-5-19(25)2)28(37)17-33(13-14-33)30-18-38-20(3)35-30/h5-12,15-16,18H,4,13-14,17H2,1-3H3. The first-order valence-corrected chi connectivity index (χ1v) is 13.2. The molecule has 0 bridgehead atoms. The van der Waals surface area contributed by atoms with Gasteiger partial charge in [0.2, 0.25) is 0 Å². The van der Waals surface area contributed by atoms with E-state index in [1.807, 2.05) is 57.2 Å². The number of carbonyl (C=O) groups excluding carboxylic acids is 2. The van der Waals surface area contributed by atoms with Crippen LogP contribution in [0.2, 0.25) is 0 Å². The van der Waals surface area contributed by atoms with Crippen molar-refractivity contribution in [2.75, 3.05) is 0 Å². The Labute approximate surface area is 225 Å². The van der Waals surface area contributed by atoms with Crippen molar-refractivity contribution >= 4 is 22.5 Å². The zero-order chi connectivity index (χ0) is 27.3. The number of hydrogen-bond donors (Lipinski definition) is 0. The third-order valence-electron chi connectivity index (χ3n) is 7.78. The van der Waals surface area contributed by atoms with Gasteiger partial charge in [-0.2, -0.15) is 0 Å². The van der Waals surface area contributed by atoms with E-state index >= 15 is 0 Å². The van der Waals surface area contributed by atoms with Gasteiger partial charge in [0.05, 0.1) is 11.3 Å². The number of nitrogens with zero attached hydrogens (tertiary/aromatic N) is 1. The summed E-state index contributed by atoms with van der Waals surface area (Å²) in [6.45, 7) is 5.63. The van der Waals surface area contributed by atoms with Crippen molar-refractivity contribution in [1.29, 1.82) is 0 Å². The molecular formula is C33H28FNO4. The Balaban J connectivity index is 1.38. The summed E-state index contributed by atoms with van der Waals surface area (Å²) < 4.78 is 25.1. The molecule has 0 N–H and O–H groups in total. The van der Waals surface area contributed by atoms with Gasteiger partial charge in [-0.05, 0) is 78.9 Å². The average Bonchev–Trinajstić information content (AvgIpc) is 3.40. The van der Waals surface area contributed by atoms with Crippen LogP contribution in [0.25, 0.3) is 33.4 Å². The Morgan fingerprint density at radius 3 is 2.36 bits per heavy atom. The lowest BCUT2D eigenvalue weighted by molar-refractivity contribution is 0.0966. The predicted octanol–water partition coefficient (Wildman–Crippen LogP) is 8.41. The molecular weight excluding hydrogens is 493 g/mol. The summed E-state index contributed by atoms with van der Waals surface area (Å²) in [4.78, 5) is 31.0. The number of furan rings is 1. The lowest BCUT2D eigenvalue weighted by Gasteiger charge is -2.13. The van der Waals surface area contributed by atoms with Gasteiger partial charge in [-0.15, -0.1) is 0 Å². The molecule has 0 unspecified atom stereocenters. The topological polar surface area (TPSA) is 73.3 Å². The number of aromatic nitrogens is 1. The van der Waals surface area contributed by atoms with E-state index in [2.05, 4.69) is 4.98 Å². The van der Waals surface area contributed by atoms with E-state index in [0.717, 1.165) is 35.2 Å². The normalized spacial score (nSPS) is 14.1. The molecule has 0 aliphatic heterocycles. The molecule has 5 nitrogen and oxygen atoms in total. The summed E-state index contributed by atoms with van der Waals surface area (Å²) in [5.74, 6) is 0.712. The number of ketones is 2. The number of halogens is 1. The summed E-state index contributed by atoms with van der Waals surface area (Å²) in [7, 11) is 0. The Hall–Kier alpha value is -4.32. The van der Waals surface area contributed by atoms with E-state index in [-0.39, 0.29) is 22.8 Å². The Bertz CT molecular complexity index is 1740. The van der Waals surface area contributed by atoms with Crippen LogP contribution in [0.1, 0.15) is 70.5 Å². The van der Waals surface area contributed by atoms with Gasteiger partial charge in [0, 0.05) is 41.7 Å². The molecule has 1 saturated carbocycles. The molecule has 0 spiro atoms. The highest BCUT2D eigenvalue weighted by atomic mass is 19.1. The number of oxazole rings is 1. The summed E-state index contributed by atoms with van der Waals surface area (Å²) in [6.07, 6.45) is 4.21. The molecule has 5 aromatic rings. The average molecular weight is 522 g/mol. The number of Topliss-reactive ketones (excluding diaryl/α,β-unsaturated/α-hetero) is 2. The van der Waals surface area contributed by atoms with Crippen LogP contribution in [-0.4, -0.2) is 16.6 Å². The van der Waals surface area contributed by atoms with E-state index < -0.39 is 0 Å². The van der Waals surface area contributed by atoms with Gasteiger partial charge in [0.25, 0.3) is 0 Å². The molecule has 1 aliphatic carbocycles. The van der Waals surface area contributed by atoms with Gasteiger partial charge in [-0.25, -0.2) is 9.37 Å². The molecule has 0 atom stereocenters. The number of benzene rings is 3. The lowest BCUT2D eigenvalue weighted by atomic mass is 9.90. The maximum absolute atomic E-state index is 13.6. The maximum Gasteiger partial charge on any atom is 0.191 e. The third kappa shape index (κ3) is 4.50. The summed E-state index contributed by atoms with van der Waals surface area (Å²) in [5, 5.41) is 0.702. The molecule has 2 aromatic heterocycles. The van der Waals surface area contributed by atoms with Crippen molar-refractivity contribution in [3.63, 3.8) is 0 Å². The van der Waals surface area contributed by atoms with Crippen molar-refractivity contribution in [3.8, 4) is 22.5 Å². The molecule has 0 amide bonds. The van der Waals surface area contributed by atoms with Crippen LogP contribution in [0.3, 0.4) is 0 Å². The van der Waals surface area contributed by atoms with Gasteiger partial charge in [-0.1, -0.05) is 25.1 Å². The first-order valence-electron chi connectivity index (χ1n) is 13.2. The lowest BCUT2D eigenvalue weighted by Crippen LogP contribution is -2.14. The minimum atomic E-state index is -0.353. The van der Waals surface area contributed by atoms with Crippen molar-refractivity contribution in [1.82, 2.24) is 4.98 Å². The van der Waals surface area contributed by atoms with Crippen molar-refractivity contribution in [3.05, 3.63) is 101 Å². The van der Waals surface area contributed by atoms with Crippen LogP contribution in [0.4, 0.5) is 4.39 Å². The van der Waals surface area contributed by atoms with E-state index in [9.17, 15) is 14.0 Å². The Kier molecular flexibility index (Phi) is 6.06. The Morgan fingerprint density at radius 2 is 1.69 bits per heavy atom. The van der Waals surface area contributed by atoms with Crippen molar-refractivity contribution in [2.45, 2.75) is 51.9 Å². The third-order valence-corrected chi connectivity index (χ3v) is 7.78. The fourth-order valence-corrected chi connectivity index (χ4v) is 5.32. The molecule has 196 valence electrons. The molecule has 1 fully saturated rings. The van der Waals surface area contributed by atoms with Crippen LogP contribution in [0, 0.1) is 19.7 Å². The van der Waals surface area contributed by atoms with E-state index in [0.29, 0.717) is 52.2 Å². The molecule has 6 rings (SSSR count). The summed E-state index contributed by atoms with van der Waals surface area (Å²) >= 11 is 0. The van der Waals surface area contributed by atoms with Crippen LogP contribution in [0.5, 0.6) is 0 Å². The van der Waals surface area contributed by atoms with Crippen LogP contribution >= 0.6 is 0 Å². The second-order valence-corrected chi connectivity index (χ2v) is 10.5. The Morgan fingerprint density at radius 1 is 0.949 bits per heavy atom. The molecule has 1 aliphatic rings. The van der Waals surface area contributed by atoms with Gasteiger partial charge < -0.3 is 8.83 Å². The van der Waals surface area contributed by atoms with E-state index in [1.54, 1.807) is 18.4 Å². The van der Waals surface area contributed by atoms with Crippen molar-refractivity contribution < 1.29 is 22.8 Å². The quantitative estimate of drug-likeness (QED) is 0.192. The van der Waals surface area contributed by atoms with Crippen molar-refractivity contribution in [2.24, 2.45) is 0 Å². The monoisotopic (exact) mass is 521 g/mol. The largest absolute Gasteiger partial charge is 0.455 e. The summed E-state index contributed by atoms with van der Waals surface area (Å²) in [6, 6.07) is 17.5. The number of aryl methyl sites for hydroxylation is 2. The number of hydrogen-bond acceptors (Lipinski definition) is 5. The van der Waals surface area contributed by atoms with Gasteiger partial charge in [0.1, 0.15) is 23.4 Å². The highest BCUT2D eigenvalue weighted by molar-refractivity contribution is 6.12. The first-order chi connectivity index (χ1) is 18.8. The molecule has 39 heavy (non-hydrogen) atoms. The van der Waals surface area contributed by atoms with Crippen LogP contribution < -0.4 is 0 Å². The minimum absolute atomic E-state index is 0.0521. The molecule has 0 radical (unpaired) electrons. The first kappa shape index (κ1) is 25.0. The molecule has 0 saturated heterocycles. The number of carbonyl (C=O) groups is 2. The maximum atomic E-state index is 13.6. The number of rotatable bonds is 8. The molecule has 6 heteroatoms. The van der Waals surface area contributed by atoms with Gasteiger partial charge in [0.15, 0.2) is 17.5 Å². The second-order valence-electron chi connectivity index (χ2n) is 10.5. The van der Waals surface area contributed by atoms with Crippen LogP contribution in [0.15, 0.2) is 75.8 Å². The predicted molar refractivity (Wildman–Crippen MR) is 148 cm³/mol. The fourth-order valence-electron chi connectivity index (χ4n) is 5.32. The molecule has 3 aromatic carbocycles. The van der Waals surface area contributed by atoms with E-state index in [4.69, 9.17) is 8.83 Å². The second kappa shape index (κ2) is 9.45. The SMILES string of the molecule is CCC(=O)c1c(-c2ccc(F)cc2)oc2ccc(-c3cc(C(=O)CC4(c5coc(C)n5)CC4)ccc3C)cc12. The zero-order valence-corrected chi connectivity index (χ0v) is 22.1. The fraction of sp³-hybridized carbons (Fsp3) is 0.242. The van der Waals surface area contributed by atoms with Crippen LogP contribution in [-0.2, 0) is 5.41 Å². The highest BCUT2D eigenvalue weighted by Gasteiger charge is 2.48. The van der Waals surface area contributed by atoms with E-state index in [1.165, 1.54) is 12.1 Å². The van der Waals surface area contributed by atoms with Gasteiger partial charge in [-0.3, -0.25) is 9.59 Å². The minimum Gasteiger partial charge on any atom is -0.455 e.